The number of thiophene rings is 1. The zero-order valence-corrected chi connectivity index (χ0v) is 17.2. The highest BCUT2D eigenvalue weighted by Gasteiger charge is 2.19. The van der Waals surface area contributed by atoms with Gasteiger partial charge in [0.25, 0.3) is 0 Å². The van der Waals surface area contributed by atoms with Crippen LogP contribution in [0.5, 0.6) is 0 Å². The molecule has 4 nitrogen and oxygen atoms in total. The van der Waals surface area contributed by atoms with Gasteiger partial charge in [-0.25, -0.2) is 4.99 Å². The van der Waals surface area contributed by atoms with Crippen LogP contribution in [0.25, 0.3) is 16.5 Å². The number of nitrogens with two attached hydrogens (primary N) is 1. The van der Waals surface area contributed by atoms with E-state index in [9.17, 15) is 0 Å². The van der Waals surface area contributed by atoms with Crippen LogP contribution in [0.15, 0.2) is 66.1 Å². The van der Waals surface area contributed by atoms with E-state index in [1.165, 1.54) is 16.5 Å². The van der Waals surface area contributed by atoms with Crippen molar-refractivity contribution in [3.05, 3.63) is 71.6 Å². The molecule has 3 heterocycles. The molecule has 28 heavy (non-hydrogen) atoms. The van der Waals surface area contributed by atoms with Gasteiger partial charge in [0.15, 0.2) is 0 Å². The van der Waals surface area contributed by atoms with Gasteiger partial charge in [-0.2, -0.15) is 0 Å². The maximum atomic E-state index is 6.10. The molecule has 1 aromatic carbocycles. The first kappa shape index (κ1) is 20.1. The topological polar surface area (TPSA) is 66.2 Å². The van der Waals surface area contributed by atoms with Crippen molar-refractivity contribution in [1.29, 1.82) is 0 Å². The van der Waals surface area contributed by atoms with E-state index >= 15 is 0 Å². The van der Waals surface area contributed by atoms with Gasteiger partial charge in [-0.1, -0.05) is 24.8 Å². The maximum absolute atomic E-state index is 6.10. The summed E-state index contributed by atoms with van der Waals surface area (Å²) in [5, 5.41) is 6.62. The Balaban J connectivity index is 0.000000706. The molecule has 0 aliphatic carbocycles. The second-order valence-corrected chi connectivity index (χ2v) is 7.81. The maximum Gasteiger partial charge on any atom is 0.141 e. The molecule has 0 amide bonds. The summed E-state index contributed by atoms with van der Waals surface area (Å²) in [5.74, 6) is 1.12. The number of fused-ring (bicyclic) bond motifs is 1. The predicted molar refractivity (Wildman–Crippen MR) is 124 cm³/mol. The Morgan fingerprint density at radius 1 is 1.29 bits per heavy atom. The zero-order valence-electron chi connectivity index (χ0n) is 16.4. The Morgan fingerprint density at radius 3 is 2.71 bits per heavy atom. The highest BCUT2D eigenvalue weighted by atomic mass is 32.1. The van der Waals surface area contributed by atoms with Crippen LogP contribution in [-0.2, 0) is 0 Å². The summed E-state index contributed by atoms with van der Waals surface area (Å²) in [6.07, 6.45) is 6.14. The first-order valence-corrected chi connectivity index (χ1v) is 10.5. The van der Waals surface area contributed by atoms with Crippen molar-refractivity contribution in [2.45, 2.75) is 19.8 Å². The number of nitrogens with one attached hydrogen (secondary N) is 2. The number of hydrogen-bond donors (Lipinski definition) is 3. The van der Waals surface area contributed by atoms with E-state index in [0.717, 1.165) is 42.0 Å². The van der Waals surface area contributed by atoms with Crippen molar-refractivity contribution >= 4 is 39.3 Å². The molecule has 4 N–H and O–H groups in total. The van der Waals surface area contributed by atoms with Crippen molar-refractivity contribution in [2.24, 2.45) is 16.6 Å². The van der Waals surface area contributed by atoms with E-state index in [0.29, 0.717) is 11.8 Å². The molecule has 1 saturated heterocycles. The molecule has 146 valence electrons. The van der Waals surface area contributed by atoms with Gasteiger partial charge in [0.05, 0.1) is 10.6 Å². The third-order valence-electron chi connectivity index (χ3n) is 4.87. The average molecular weight is 393 g/mol. The van der Waals surface area contributed by atoms with E-state index in [2.05, 4.69) is 46.8 Å². The zero-order chi connectivity index (χ0) is 19.9. The summed E-state index contributed by atoms with van der Waals surface area (Å²) in [7, 11) is 0. The summed E-state index contributed by atoms with van der Waals surface area (Å²) in [6.45, 7) is 11.8. The minimum Gasteiger partial charge on any atom is -0.383 e. The summed E-state index contributed by atoms with van der Waals surface area (Å²) in [6, 6.07) is 10.2. The number of piperidine rings is 1. The minimum absolute atomic E-state index is 0.556. The van der Waals surface area contributed by atoms with Gasteiger partial charge in [0, 0.05) is 22.7 Å². The molecule has 0 unspecified atom stereocenters. The van der Waals surface area contributed by atoms with Gasteiger partial charge in [-0.05, 0) is 67.9 Å². The Kier molecular flexibility index (Phi) is 6.85. The first-order chi connectivity index (χ1) is 13.6. The number of benzene rings is 1. The fourth-order valence-corrected chi connectivity index (χ4v) is 4.09. The summed E-state index contributed by atoms with van der Waals surface area (Å²) < 4.78 is 0. The molecule has 2 aromatic heterocycles. The number of aromatic nitrogens is 1. The van der Waals surface area contributed by atoms with E-state index in [1.54, 1.807) is 17.4 Å². The molecule has 3 aromatic rings. The number of aliphatic imine (C=N–C) groups is 1. The second-order valence-electron chi connectivity index (χ2n) is 6.86. The van der Waals surface area contributed by atoms with Crippen molar-refractivity contribution in [2.75, 3.05) is 13.1 Å². The third-order valence-corrected chi connectivity index (χ3v) is 5.76. The van der Waals surface area contributed by atoms with Crippen molar-refractivity contribution in [3.63, 3.8) is 0 Å². The van der Waals surface area contributed by atoms with Crippen molar-refractivity contribution in [1.82, 2.24) is 10.3 Å². The number of aromatic amines is 1. The van der Waals surface area contributed by atoms with Gasteiger partial charge in [0.2, 0.25) is 0 Å². The number of rotatable bonds is 4. The van der Waals surface area contributed by atoms with E-state index in [1.807, 2.05) is 30.5 Å². The predicted octanol–water partition coefficient (Wildman–Crippen LogP) is 5.47. The van der Waals surface area contributed by atoms with Gasteiger partial charge in [0.1, 0.15) is 5.84 Å². The molecule has 1 fully saturated rings. The van der Waals surface area contributed by atoms with Crippen LogP contribution in [0.2, 0.25) is 0 Å². The molecular weight excluding hydrogens is 364 g/mol. The highest BCUT2D eigenvalue weighted by Crippen LogP contribution is 2.34. The lowest BCUT2D eigenvalue weighted by Gasteiger charge is -2.24. The fourth-order valence-electron chi connectivity index (χ4n) is 3.46. The van der Waals surface area contributed by atoms with Crippen LogP contribution in [0, 0.1) is 5.92 Å². The van der Waals surface area contributed by atoms with E-state index in [4.69, 9.17) is 5.73 Å². The summed E-state index contributed by atoms with van der Waals surface area (Å²) >= 11 is 1.60. The smallest absolute Gasteiger partial charge is 0.141 e. The Bertz CT molecular complexity index is 960. The third kappa shape index (κ3) is 4.61. The van der Waals surface area contributed by atoms with Gasteiger partial charge >= 0.3 is 0 Å². The minimum atomic E-state index is 0.556. The molecule has 0 atom stereocenters. The first-order valence-electron chi connectivity index (χ1n) is 9.60. The molecule has 1 aliphatic heterocycles. The number of amidine groups is 1. The number of hydrogen-bond acceptors (Lipinski definition) is 3. The number of allylic oxidation sites excluding steroid dienone is 2. The summed E-state index contributed by atoms with van der Waals surface area (Å²) in [4.78, 5) is 8.91. The molecule has 4 rings (SSSR count). The molecule has 0 spiro atoms. The van der Waals surface area contributed by atoms with Gasteiger partial charge in [-0.3, -0.25) is 0 Å². The monoisotopic (exact) mass is 392 g/mol. The van der Waals surface area contributed by atoms with Crippen molar-refractivity contribution < 1.29 is 0 Å². The van der Waals surface area contributed by atoms with E-state index in [-0.39, 0.29) is 0 Å². The highest BCUT2D eigenvalue weighted by molar-refractivity contribution is 7.12. The molecule has 0 saturated carbocycles. The largest absolute Gasteiger partial charge is 0.383 e. The van der Waals surface area contributed by atoms with Crippen LogP contribution in [0.1, 0.15) is 30.2 Å². The van der Waals surface area contributed by atoms with Gasteiger partial charge < -0.3 is 16.0 Å². The Hall–Kier alpha value is -2.63. The molecular formula is C23H28N4S. The number of nitrogens with zero attached hydrogens (tertiary/aromatic N) is 1. The molecule has 1 aliphatic rings. The Labute approximate surface area is 170 Å². The quantitative estimate of drug-likeness (QED) is 0.313. The lowest BCUT2D eigenvalue weighted by atomic mass is 9.86. The van der Waals surface area contributed by atoms with Crippen LogP contribution < -0.4 is 11.1 Å². The molecule has 0 radical (unpaired) electrons. The fraction of sp³-hybridized carbons (Fsp3) is 0.261. The summed E-state index contributed by atoms with van der Waals surface area (Å²) in [5.41, 5.74) is 10.5. The SMILES string of the molecule is C=C(c1c[nH]c2cc(N=C(N)c3cccs3)ccc12)C1CCNCC1.C=CC. The lowest BCUT2D eigenvalue weighted by molar-refractivity contribution is 0.447. The van der Waals surface area contributed by atoms with E-state index < -0.39 is 0 Å². The second kappa shape index (κ2) is 9.53. The van der Waals surface area contributed by atoms with Crippen molar-refractivity contribution in [3.8, 4) is 0 Å². The van der Waals surface area contributed by atoms with Gasteiger partial charge in [-0.15, -0.1) is 17.9 Å². The molecule has 5 heteroatoms. The lowest BCUT2D eigenvalue weighted by Crippen LogP contribution is -2.28. The molecule has 0 bridgehead atoms. The average Bonchev–Trinajstić information content (AvgIpc) is 3.38. The van der Waals surface area contributed by atoms with Crippen LogP contribution in [-0.4, -0.2) is 23.9 Å². The van der Waals surface area contributed by atoms with Crippen LogP contribution in [0.4, 0.5) is 5.69 Å². The Morgan fingerprint density at radius 2 is 2.04 bits per heavy atom. The normalized spacial score (nSPS) is 15.1. The van der Waals surface area contributed by atoms with Crippen LogP contribution >= 0.6 is 11.3 Å². The standard InChI is InChI=1S/C20H22N4S.C3H6/c1-13(14-6-8-22-9-7-14)17-12-23-18-11-15(4-5-16(17)18)24-20(21)19-3-2-10-25-19;1-3-2/h2-5,10-12,14,22-23H,1,6-9H2,(H2,21,24);3H,1H2,2H3. The number of H-pyrrole nitrogens is 1. The van der Waals surface area contributed by atoms with Crippen LogP contribution in [0.3, 0.4) is 0 Å².